The zero-order valence-electron chi connectivity index (χ0n) is 20.6. The molecule has 1 saturated heterocycles. The van der Waals surface area contributed by atoms with Crippen molar-refractivity contribution in [3.05, 3.63) is 62.5 Å². The van der Waals surface area contributed by atoms with Crippen molar-refractivity contribution in [3.63, 3.8) is 0 Å². The number of ether oxygens (including phenoxy) is 4. The Morgan fingerprint density at radius 1 is 0.971 bits per heavy atom. The minimum Gasteiger partial charge on any atom is -0.493 e. The lowest BCUT2D eigenvalue weighted by Crippen LogP contribution is -2.36. The van der Waals surface area contributed by atoms with Gasteiger partial charge in [0.25, 0.3) is 5.91 Å². The molecule has 3 heterocycles. The van der Waals surface area contributed by atoms with Crippen LogP contribution in [0.2, 0.25) is 0 Å². The van der Waals surface area contributed by atoms with Crippen LogP contribution in [0.15, 0.2) is 33.5 Å². The molecule has 2 aromatic carbocycles. The van der Waals surface area contributed by atoms with Crippen molar-refractivity contribution in [1.82, 2.24) is 4.90 Å². The van der Waals surface area contributed by atoms with Gasteiger partial charge < -0.3 is 28.3 Å². The fourth-order valence-electron chi connectivity index (χ4n) is 5.08. The number of rotatable bonds is 6. The van der Waals surface area contributed by atoms with E-state index in [2.05, 4.69) is 0 Å². The Kier molecular flexibility index (Phi) is 5.92. The van der Waals surface area contributed by atoms with Crippen molar-refractivity contribution in [2.75, 3.05) is 34.5 Å². The molecule has 0 unspecified atom stereocenters. The summed E-state index contributed by atoms with van der Waals surface area (Å²) in [7, 11) is 4.60. The predicted molar refractivity (Wildman–Crippen MR) is 130 cm³/mol. The topological polar surface area (TPSA) is 87.4 Å². The molecule has 3 aromatic rings. The van der Waals surface area contributed by atoms with Crippen LogP contribution in [0.3, 0.4) is 0 Å². The van der Waals surface area contributed by atoms with Gasteiger partial charge >= 0.3 is 0 Å². The monoisotopic (exact) mass is 479 g/mol. The molecule has 0 bridgehead atoms. The lowest BCUT2D eigenvalue weighted by atomic mass is 9.96. The Bertz CT molecular complexity index is 1350. The summed E-state index contributed by atoms with van der Waals surface area (Å²) in [6.45, 7) is 4.91. The van der Waals surface area contributed by atoms with Gasteiger partial charge in [0.1, 0.15) is 5.58 Å². The van der Waals surface area contributed by atoms with Crippen LogP contribution in [-0.2, 0) is 4.74 Å². The number of benzene rings is 2. The van der Waals surface area contributed by atoms with Crippen LogP contribution in [0, 0.1) is 13.8 Å². The molecule has 5 rings (SSSR count). The number of carbonyl (C=O) groups is 1. The van der Waals surface area contributed by atoms with Gasteiger partial charge in [0.15, 0.2) is 16.9 Å². The van der Waals surface area contributed by atoms with Gasteiger partial charge in [0, 0.05) is 13.2 Å². The molecule has 0 saturated carbocycles. The van der Waals surface area contributed by atoms with Crippen molar-refractivity contribution in [2.45, 2.75) is 38.8 Å². The van der Waals surface area contributed by atoms with E-state index in [1.54, 1.807) is 17.0 Å². The Morgan fingerprint density at radius 3 is 2.26 bits per heavy atom. The average Bonchev–Trinajstić information content (AvgIpc) is 3.47. The van der Waals surface area contributed by atoms with Gasteiger partial charge in [0.2, 0.25) is 11.5 Å². The van der Waals surface area contributed by atoms with Crippen LogP contribution in [0.25, 0.3) is 11.0 Å². The number of carbonyl (C=O) groups excluding carboxylic acids is 1. The summed E-state index contributed by atoms with van der Waals surface area (Å²) in [5.74, 6) is 1.06. The molecule has 0 radical (unpaired) electrons. The van der Waals surface area contributed by atoms with E-state index in [0.717, 1.165) is 24.0 Å². The number of fused-ring (bicyclic) bond motifs is 2. The third-order valence-electron chi connectivity index (χ3n) is 7.01. The third kappa shape index (κ3) is 3.72. The first-order chi connectivity index (χ1) is 16.9. The molecule has 2 aliphatic rings. The predicted octanol–water partition coefficient (Wildman–Crippen LogP) is 4.16. The Balaban J connectivity index is 1.76. The fourth-order valence-corrected chi connectivity index (χ4v) is 5.08. The highest BCUT2D eigenvalue weighted by atomic mass is 16.5. The fraction of sp³-hybridized carbons (Fsp3) is 0.407. The van der Waals surface area contributed by atoms with Crippen molar-refractivity contribution in [3.8, 4) is 17.2 Å². The van der Waals surface area contributed by atoms with Crippen LogP contribution in [-0.4, -0.2) is 51.4 Å². The Morgan fingerprint density at radius 2 is 1.66 bits per heavy atom. The SMILES string of the molecule is COc1cc([C@@H]2c3c(oc4cc(C)c(C)cc4c3=O)C(=O)N2C[C@@H]2CCCO2)cc(OC)c1OC. The van der Waals surface area contributed by atoms with E-state index in [4.69, 9.17) is 23.4 Å². The molecule has 8 nitrogen and oxygen atoms in total. The summed E-state index contributed by atoms with van der Waals surface area (Å²) in [6, 6.07) is 6.52. The zero-order chi connectivity index (χ0) is 24.9. The molecule has 35 heavy (non-hydrogen) atoms. The van der Waals surface area contributed by atoms with Gasteiger partial charge in [-0.15, -0.1) is 0 Å². The quantitative estimate of drug-likeness (QED) is 0.525. The van der Waals surface area contributed by atoms with Gasteiger partial charge in [-0.2, -0.15) is 0 Å². The number of nitrogens with zero attached hydrogens (tertiary/aromatic N) is 1. The van der Waals surface area contributed by atoms with Gasteiger partial charge in [0.05, 0.1) is 44.4 Å². The van der Waals surface area contributed by atoms with E-state index < -0.39 is 6.04 Å². The van der Waals surface area contributed by atoms with Crippen LogP contribution >= 0.6 is 0 Å². The molecule has 8 heteroatoms. The average molecular weight is 480 g/mol. The number of hydrogen-bond donors (Lipinski definition) is 0. The normalized spacial score (nSPS) is 19.3. The first-order valence-electron chi connectivity index (χ1n) is 11.7. The minimum atomic E-state index is -0.683. The maximum Gasteiger partial charge on any atom is 0.291 e. The van der Waals surface area contributed by atoms with Crippen molar-refractivity contribution in [1.29, 1.82) is 0 Å². The lowest BCUT2D eigenvalue weighted by Gasteiger charge is -2.28. The van der Waals surface area contributed by atoms with Gasteiger partial charge in [-0.1, -0.05) is 0 Å². The second kappa shape index (κ2) is 8.92. The number of aryl methyl sites for hydroxylation is 2. The Labute approximate surface area is 203 Å². The van der Waals surface area contributed by atoms with Crippen molar-refractivity contribution < 1.29 is 28.2 Å². The molecule has 0 aliphatic carbocycles. The van der Waals surface area contributed by atoms with E-state index in [1.807, 2.05) is 26.0 Å². The highest BCUT2D eigenvalue weighted by Crippen LogP contribution is 2.45. The lowest BCUT2D eigenvalue weighted by molar-refractivity contribution is 0.0486. The molecule has 184 valence electrons. The van der Waals surface area contributed by atoms with Gasteiger partial charge in [-0.3, -0.25) is 9.59 Å². The molecule has 0 spiro atoms. The summed E-state index contributed by atoms with van der Waals surface area (Å²) in [4.78, 5) is 29.2. The Hall–Kier alpha value is -3.52. The summed E-state index contributed by atoms with van der Waals surface area (Å²) < 4.78 is 28.5. The number of hydrogen-bond acceptors (Lipinski definition) is 7. The second-order valence-electron chi connectivity index (χ2n) is 9.06. The molecule has 2 aliphatic heterocycles. The smallest absolute Gasteiger partial charge is 0.291 e. The van der Waals surface area contributed by atoms with Crippen LogP contribution in [0.1, 0.15) is 51.7 Å². The second-order valence-corrected chi connectivity index (χ2v) is 9.06. The van der Waals surface area contributed by atoms with Crippen LogP contribution in [0.4, 0.5) is 0 Å². The molecule has 0 N–H and O–H groups in total. The molecular weight excluding hydrogens is 450 g/mol. The van der Waals surface area contributed by atoms with E-state index in [9.17, 15) is 9.59 Å². The molecule has 1 aromatic heterocycles. The third-order valence-corrected chi connectivity index (χ3v) is 7.01. The zero-order valence-corrected chi connectivity index (χ0v) is 20.6. The van der Waals surface area contributed by atoms with E-state index in [-0.39, 0.29) is 23.2 Å². The van der Waals surface area contributed by atoms with Gasteiger partial charge in [-0.05, 0) is 67.6 Å². The summed E-state index contributed by atoms with van der Waals surface area (Å²) in [5, 5.41) is 0.455. The summed E-state index contributed by atoms with van der Waals surface area (Å²) in [6.07, 6.45) is 1.68. The molecular formula is C27H29NO7. The largest absolute Gasteiger partial charge is 0.493 e. The van der Waals surface area contributed by atoms with Crippen LogP contribution < -0.4 is 19.6 Å². The minimum absolute atomic E-state index is 0.0718. The first-order valence-corrected chi connectivity index (χ1v) is 11.7. The maximum absolute atomic E-state index is 13.9. The van der Waals surface area contributed by atoms with Crippen LogP contribution in [0.5, 0.6) is 17.2 Å². The highest BCUT2D eigenvalue weighted by molar-refractivity contribution is 5.99. The summed E-state index contributed by atoms with van der Waals surface area (Å²) >= 11 is 0. The van der Waals surface area contributed by atoms with E-state index in [0.29, 0.717) is 52.5 Å². The van der Waals surface area contributed by atoms with Crippen molar-refractivity contribution >= 4 is 16.9 Å². The van der Waals surface area contributed by atoms with Gasteiger partial charge in [-0.25, -0.2) is 0 Å². The first kappa shape index (κ1) is 23.2. The van der Waals surface area contributed by atoms with Crippen molar-refractivity contribution in [2.24, 2.45) is 0 Å². The maximum atomic E-state index is 13.9. The summed E-state index contributed by atoms with van der Waals surface area (Å²) in [5.41, 5.74) is 3.15. The number of methoxy groups -OCH3 is 3. The molecule has 1 fully saturated rings. The van der Waals surface area contributed by atoms with E-state index >= 15 is 0 Å². The standard InChI is InChI=1S/C27H29NO7/c1-14-9-18-19(10-15(14)2)35-26-22(24(18)29)23(28(27(26)30)13-17-7-6-8-34-17)16-11-20(31-3)25(33-5)21(12-16)32-4/h9-12,17,23H,6-8,13H2,1-5H3/t17-,23+/m0/s1. The molecule has 2 atom stereocenters. The molecule has 1 amide bonds. The highest BCUT2D eigenvalue weighted by Gasteiger charge is 2.44. The number of amides is 1. The van der Waals surface area contributed by atoms with E-state index in [1.165, 1.54) is 21.3 Å².